The van der Waals surface area contributed by atoms with Crippen molar-refractivity contribution in [1.82, 2.24) is 21.3 Å². The van der Waals surface area contributed by atoms with Crippen molar-refractivity contribution >= 4 is 0 Å². The third-order valence-corrected chi connectivity index (χ3v) is 17.4. The second kappa shape index (κ2) is 31.3. The van der Waals surface area contributed by atoms with Crippen LogP contribution < -0.4 is 30.7 Å². The van der Waals surface area contributed by atoms with Gasteiger partial charge in [0.1, 0.15) is 36.9 Å². The van der Waals surface area contributed by atoms with Crippen LogP contribution in [0.3, 0.4) is 0 Å². The highest BCUT2D eigenvalue weighted by Crippen LogP contribution is 2.39. The number of β-amino-alcohol motifs (C(OH)–C–C–N with tert-alkyl or cyclic N) is 4. The molecule has 4 rings (SSSR count). The summed E-state index contributed by atoms with van der Waals surface area (Å²) in [5.74, 6) is 3.01. The SMILES string of the molecule is CCCCC(CC)COCC(O)CNC1(C)CCC(C(C)(C)NCC(O)COc2ccc(C(C)(C)c3ccc(OCC(O)CNC4(C)CCC(C(C)(C)NCC(O)COC(CC)CCCC)CC4)cc3)cc2)CC1. The Morgan fingerprint density at radius 3 is 1.35 bits per heavy atom. The van der Waals surface area contributed by atoms with Crippen molar-refractivity contribution in [2.45, 2.75) is 244 Å². The molecule has 0 saturated heterocycles. The summed E-state index contributed by atoms with van der Waals surface area (Å²) >= 11 is 0. The zero-order valence-corrected chi connectivity index (χ0v) is 48.8. The highest BCUT2D eigenvalue weighted by atomic mass is 16.5. The van der Waals surface area contributed by atoms with Crippen molar-refractivity contribution in [2.75, 3.05) is 59.2 Å². The summed E-state index contributed by atoms with van der Waals surface area (Å²) in [4.78, 5) is 0. The van der Waals surface area contributed by atoms with E-state index < -0.39 is 24.4 Å². The quantitative estimate of drug-likeness (QED) is 0.0323. The van der Waals surface area contributed by atoms with Crippen LogP contribution in [0.2, 0.25) is 0 Å². The molecular weight excluding hydrogens is 929 g/mol. The standard InChI is InChI=1S/C62H110N4O8/c1-13-17-19-46(15-3)41-71-42-51(67)39-65-61(11)33-29-49(30-34-61)60(9,10)64-38-53(69)44-73-56-25-21-47(22-26-56)58(5,6)48-23-27-57(28-24-48)74-45-54(70)40-66-62(12)35-31-50(32-36-62)59(7,8)63-37-52(68)43-72-55(16-4)20-18-14-2/h21-28,46,49-55,63-70H,13-20,29-45H2,1-12H3. The Bertz CT molecular complexity index is 1790. The molecule has 0 aromatic heterocycles. The Balaban J connectivity index is 1.11. The zero-order valence-electron chi connectivity index (χ0n) is 48.8. The van der Waals surface area contributed by atoms with Crippen molar-refractivity contribution in [3.63, 3.8) is 0 Å². The van der Waals surface area contributed by atoms with E-state index in [2.05, 4.69) is 129 Å². The van der Waals surface area contributed by atoms with Gasteiger partial charge in [0.05, 0.1) is 31.5 Å². The second-order valence-corrected chi connectivity index (χ2v) is 25.0. The predicted octanol–water partition coefficient (Wildman–Crippen LogP) is 10.2. The smallest absolute Gasteiger partial charge is 0.119 e. The van der Waals surface area contributed by atoms with E-state index in [-0.39, 0.29) is 46.9 Å². The minimum absolute atomic E-state index is 0.00386. The van der Waals surface area contributed by atoms with E-state index >= 15 is 0 Å². The maximum absolute atomic E-state index is 11.0. The summed E-state index contributed by atoms with van der Waals surface area (Å²) in [6, 6.07) is 16.3. The first kappa shape index (κ1) is 64.2. The third-order valence-electron chi connectivity index (χ3n) is 17.4. The van der Waals surface area contributed by atoms with Gasteiger partial charge in [0.2, 0.25) is 0 Å². The minimum Gasteiger partial charge on any atom is -0.491 e. The summed E-state index contributed by atoms with van der Waals surface area (Å²) in [6.07, 6.45) is 15.5. The lowest BCUT2D eigenvalue weighted by molar-refractivity contribution is -0.0177. The molecular formula is C62H110N4O8. The molecule has 2 saturated carbocycles. The van der Waals surface area contributed by atoms with E-state index in [0.717, 1.165) is 113 Å². The van der Waals surface area contributed by atoms with Crippen molar-refractivity contribution in [1.29, 1.82) is 0 Å². The lowest BCUT2D eigenvalue weighted by atomic mass is 9.70. The lowest BCUT2D eigenvalue weighted by Gasteiger charge is -2.45. The molecule has 74 heavy (non-hydrogen) atoms. The number of hydrogen-bond donors (Lipinski definition) is 8. The fourth-order valence-electron chi connectivity index (χ4n) is 11.2. The number of unbranched alkanes of at least 4 members (excludes halogenated alkanes) is 2. The fourth-order valence-corrected chi connectivity index (χ4v) is 11.2. The first-order valence-electron chi connectivity index (χ1n) is 29.4. The number of aliphatic hydroxyl groups is 4. The summed E-state index contributed by atoms with van der Waals surface area (Å²) in [5, 5.41) is 57.8. The van der Waals surface area contributed by atoms with Crippen LogP contribution >= 0.6 is 0 Å². The first-order chi connectivity index (χ1) is 35.1. The fraction of sp³-hybridized carbons (Fsp3) is 0.806. The summed E-state index contributed by atoms with van der Waals surface area (Å²) in [5.41, 5.74) is 1.75. The number of rotatable bonds is 37. The predicted molar refractivity (Wildman–Crippen MR) is 305 cm³/mol. The van der Waals surface area contributed by atoms with Gasteiger partial charge >= 0.3 is 0 Å². The number of nitrogens with one attached hydrogen (secondary N) is 4. The van der Waals surface area contributed by atoms with E-state index in [1.807, 2.05) is 24.3 Å². The molecule has 0 amide bonds. The van der Waals surface area contributed by atoms with Crippen molar-refractivity contribution in [2.24, 2.45) is 17.8 Å². The van der Waals surface area contributed by atoms with Gasteiger partial charge in [-0.3, -0.25) is 0 Å². The third kappa shape index (κ3) is 21.8. The Morgan fingerprint density at radius 1 is 0.527 bits per heavy atom. The maximum Gasteiger partial charge on any atom is 0.119 e. The number of benzene rings is 2. The van der Waals surface area contributed by atoms with Crippen LogP contribution in [0.5, 0.6) is 11.5 Å². The summed E-state index contributed by atoms with van der Waals surface area (Å²) in [7, 11) is 0. The van der Waals surface area contributed by atoms with Gasteiger partial charge in [0, 0.05) is 60.4 Å². The van der Waals surface area contributed by atoms with Crippen LogP contribution in [0, 0.1) is 17.8 Å². The summed E-state index contributed by atoms with van der Waals surface area (Å²) in [6.45, 7) is 30.6. The van der Waals surface area contributed by atoms with E-state index in [9.17, 15) is 20.4 Å². The van der Waals surface area contributed by atoms with Crippen LogP contribution in [0.25, 0.3) is 0 Å². The molecule has 0 aliphatic heterocycles. The van der Waals surface area contributed by atoms with Crippen molar-refractivity contribution < 1.29 is 39.4 Å². The number of ether oxygens (including phenoxy) is 4. The average molecular weight is 1040 g/mol. The number of hydrogen-bond acceptors (Lipinski definition) is 12. The van der Waals surface area contributed by atoms with Crippen molar-refractivity contribution in [3.8, 4) is 11.5 Å². The minimum atomic E-state index is -0.649. The lowest BCUT2D eigenvalue weighted by Crippen LogP contribution is -2.54. The van der Waals surface area contributed by atoms with E-state index in [1.165, 1.54) is 19.3 Å². The van der Waals surface area contributed by atoms with Crippen LogP contribution in [0.15, 0.2) is 48.5 Å². The van der Waals surface area contributed by atoms with Crippen LogP contribution in [-0.4, -0.2) is 132 Å². The monoisotopic (exact) mass is 1040 g/mol. The average Bonchev–Trinajstić information content (AvgIpc) is 3.39. The molecule has 0 radical (unpaired) electrons. The normalized spacial score (nSPS) is 23.5. The van der Waals surface area contributed by atoms with Gasteiger partial charge in [-0.1, -0.05) is 97.9 Å². The van der Waals surface area contributed by atoms with E-state index in [0.29, 0.717) is 57.1 Å². The maximum atomic E-state index is 11.0. The largest absolute Gasteiger partial charge is 0.491 e. The molecule has 6 atom stereocenters. The van der Waals surface area contributed by atoms with Crippen LogP contribution in [-0.2, 0) is 14.9 Å². The van der Waals surface area contributed by atoms with Gasteiger partial charge in [-0.05, 0) is 165 Å². The molecule has 2 aromatic carbocycles. The molecule has 0 heterocycles. The van der Waals surface area contributed by atoms with Crippen LogP contribution in [0.4, 0.5) is 0 Å². The van der Waals surface area contributed by atoms with Gasteiger partial charge in [-0.15, -0.1) is 0 Å². The highest BCUT2D eigenvalue weighted by Gasteiger charge is 2.39. The van der Waals surface area contributed by atoms with Crippen molar-refractivity contribution in [3.05, 3.63) is 59.7 Å². The molecule has 12 heteroatoms. The Kier molecular flexibility index (Phi) is 27.1. The van der Waals surface area contributed by atoms with Gasteiger partial charge in [-0.25, -0.2) is 0 Å². The topological polar surface area (TPSA) is 166 Å². The molecule has 426 valence electrons. The molecule has 2 fully saturated rings. The molecule has 0 bridgehead atoms. The van der Waals surface area contributed by atoms with Gasteiger partial charge < -0.3 is 60.6 Å². The summed E-state index contributed by atoms with van der Waals surface area (Å²) < 4.78 is 24.1. The molecule has 6 unspecified atom stereocenters. The highest BCUT2D eigenvalue weighted by molar-refractivity contribution is 5.42. The molecule has 12 nitrogen and oxygen atoms in total. The zero-order chi connectivity index (χ0) is 54.4. The molecule has 2 aliphatic carbocycles. The molecule has 2 aromatic rings. The second-order valence-electron chi connectivity index (χ2n) is 25.0. The number of aliphatic hydroxyl groups excluding tert-OH is 4. The van der Waals surface area contributed by atoms with Gasteiger partial charge in [0.25, 0.3) is 0 Å². The van der Waals surface area contributed by atoms with Gasteiger partial charge in [0.15, 0.2) is 0 Å². The van der Waals surface area contributed by atoms with Crippen LogP contribution in [0.1, 0.15) is 197 Å². The Hall–Kier alpha value is -2.36. The molecule has 2 aliphatic rings. The first-order valence-corrected chi connectivity index (χ1v) is 29.4. The Labute approximate surface area is 451 Å². The molecule has 0 spiro atoms. The van der Waals surface area contributed by atoms with E-state index in [4.69, 9.17) is 18.9 Å². The van der Waals surface area contributed by atoms with E-state index in [1.54, 1.807) is 0 Å². The Morgan fingerprint density at radius 2 is 0.932 bits per heavy atom. The molecule has 8 N–H and O–H groups in total. The van der Waals surface area contributed by atoms with Gasteiger partial charge in [-0.2, -0.15) is 0 Å².